The van der Waals surface area contributed by atoms with E-state index in [4.69, 9.17) is 9.73 Å². The molecule has 2 aliphatic rings. The first kappa shape index (κ1) is 26.1. The molecule has 0 amide bonds. The molecule has 1 aromatic rings. The van der Waals surface area contributed by atoms with Crippen molar-refractivity contribution in [2.75, 3.05) is 50.8 Å². The summed E-state index contributed by atoms with van der Waals surface area (Å²) >= 11 is 0. The number of hydrogen-bond acceptors (Lipinski definition) is 5. The van der Waals surface area contributed by atoms with E-state index >= 15 is 0 Å². The second-order valence-corrected chi connectivity index (χ2v) is 8.37. The van der Waals surface area contributed by atoms with Gasteiger partial charge in [-0.15, -0.1) is 24.0 Å². The number of ether oxygens (including phenoxy) is 1. The maximum atomic E-state index is 5.65. The predicted molar refractivity (Wildman–Crippen MR) is 140 cm³/mol. The van der Waals surface area contributed by atoms with Gasteiger partial charge in [0.05, 0.1) is 19.3 Å². The largest absolute Gasteiger partial charge is 0.375 e. The van der Waals surface area contributed by atoms with Gasteiger partial charge in [-0.2, -0.15) is 0 Å². The molecule has 8 heteroatoms. The number of nitrogens with zero attached hydrogens (tertiary/aromatic N) is 4. The number of aliphatic imine (C=N–C) groups is 1. The minimum atomic E-state index is 0. The van der Waals surface area contributed by atoms with Crippen molar-refractivity contribution < 1.29 is 4.74 Å². The third-order valence-corrected chi connectivity index (χ3v) is 6.05. The quantitative estimate of drug-likeness (QED) is 0.298. The van der Waals surface area contributed by atoms with E-state index < -0.39 is 0 Å². The maximum Gasteiger partial charge on any atom is 0.191 e. The topological polar surface area (TPSA) is 65.0 Å². The number of anilines is 1. The number of morpholine rings is 1. The third-order valence-electron chi connectivity index (χ3n) is 6.05. The van der Waals surface area contributed by atoms with Gasteiger partial charge in [0.25, 0.3) is 0 Å². The molecule has 0 aromatic carbocycles. The summed E-state index contributed by atoms with van der Waals surface area (Å²) in [6, 6.07) is 4.96. The Bertz CT molecular complexity index is 673. The fraction of sp³-hybridized carbons (Fsp3) is 0.739. The minimum Gasteiger partial charge on any atom is -0.375 e. The van der Waals surface area contributed by atoms with E-state index in [9.17, 15) is 0 Å². The van der Waals surface area contributed by atoms with Crippen LogP contribution in [0, 0.1) is 0 Å². The molecule has 0 aliphatic carbocycles. The molecule has 2 atom stereocenters. The van der Waals surface area contributed by atoms with Crippen molar-refractivity contribution in [1.82, 2.24) is 20.5 Å². The van der Waals surface area contributed by atoms with Gasteiger partial charge in [-0.25, -0.2) is 9.98 Å². The van der Waals surface area contributed by atoms with Gasteiger partial charge in [0.2, 0.25) is 0 Å². The first-order valence-corrected chi connectivity index (χ1v) is 11.8. The molecular weight excluding hydrogens is 503 g/mol. The highest BCUT2D eigenvalue weighted by molar-refractivity contribution is 14.0. The van der Waals surface area contributed by atoms with Crippen LogP contribution in [0.1, 0.15) is 52.0 Å². The number of rotatable bonds is 8. The van der Waals surface area contributed by atoms with Crippen LogP contribution in [0.4, 0.5) is 5.82 Å². The van der Waals surface area contributed by atoms with Crippen LogP contribution >= 0.6 is 24.0 Å². The van der Waals surface area contributed by atoms with E-state index in [0.29, 0.717) is 6.54 Å². The average molecular weight is 545 g/mol. The Morgan fingerprint density at radius 1 is 1.26 bits per heavy atom. The third kappa shape index (κ3) is 8.38. The fourth-order valence-corrected chi connectivity index (χ4v) is 4.41. The number of aromatic nitrogens is 1. The zero-order valence-corrected chi connectivity index (χ0v) is 21.8. The molecule has 7 nitrogen and oxygen atoms in total. The zero-order chi connectivity index (χ0) is 21.2. The van der Waals surface area contributed by atoms with Gasteiger partial charge in [0.15, 0.2) is 5.96 Å². The monoisotopic (exact) mass is 544 g/mol. The van der Waals surface area contributed by atoms with Crippen LogP contribution in [-0.4, -0.2) is 73.9 Å². The van der Waals surface area contributed by atoms with Crippen LogP contribution in [0.5, 0.6) is 0 Å². The van der Waals surface area contributed by atoms with E-state index in [1.165, 1.54) is 37.8 Å². The van der Waals surface area contributed by atoms with Crippen molar-refractivity contribution in [2.45, 2.75) is 65.1 Å². The molecule has 176 valence electrons. The van der Waals surface area contributed by atoms with Crippen LogP contribution in [0.3, 0.4) is 0 Å². The highest BCUT2D eigenvalue weighted by Gasteiger charge is 2.20. The van der Waals surface area contributed by atoms with E-state index in [-0.39, 0.29) is 30.1 Å². The van der Waals surface area contributed by atoms with E-state index in [1.54, 1.807) is 0 Å². The summed E-state index contributed by atoms with van der Waals surface area (Å²) in [4.78, 5) is 14.3. The molecule has 2 saturated heterocycles. The van der Waals surface area contributed by atoms with Crippen molar-refractivity contribution in [3.63, 3.8) is 0 Å². The lowest BCUT2D eigenvalue weighted by molar-refractivity contribution is 0.0529. The van der Waals surface area contributed by atoms with Gasteiger partial charge in [-0.05, 0) is 57.4 Å². The number of piperidine rings is 1. The van der Waals surface area contributed by atoms with Crippen molar-refractivity contribution in [3.8, 4) is 0 Å². The Kier molecular flexibility index (Phi) is 11.9. The van der Waals surface area contributed by atoms with Crippen LogP contribution in [0.2, 0.25) is 0 Å². The lowest BCUT2D eigenvalue weighted by atomic mass is 10.0. The van der Waals surface area contributed by atoms with E-state index in [0.717, 1.165) is 57.1 Å². The van der Waals surface area contributed by atoms with Crippen molar-refractivity contribution >= 4 is 35.8 Å². The number of guanidine groups is 1. The summed E-state index contributed by atoms with van der Waals surface area (Å²) in [5.41, 5.74) is 1.18. The molecule has 2 N–H and O–H groups in total. The molecule has 0 spiro atoms. The molecule has 31 heavy (non-hydrogen) atoms. The van der Waals surface area contributed by atoms with Gasteiger partial charge in [-0.3, -0.25) is 4.90 Å². The minimum absolute atomic E-state index is 0. The molecule has 1 aromatic heterocycles. The summed E-state index contributed by atoms with van der Waals surface area (Å²) < 4.78 is 5.65. The lowest BCUT2D eigenvalue weighted by Gasteiger charge is -2.35. The van der Waals surface area contributed by atoms with Crippen molar-refractivity contribution in [2.24, 2.45) is 4.99 Å². The molecule has 2 aliphatic heterocycles. The van der Waals surface area contributed by atoms with Crippen LogP contribution in [0.25, 0.3) is 0 Å². The molecular formula is C23H41IN6O. The van der Waals surface area contributed by atoms with Crippen molar-refractivity contribution in [1.29, 1.82) is 0 Å². The van der Waals surface area contributed by atoms with Crippen LogP contribution in [0.15, 0.2) is 23.3 Å². The number of halogens is 1. The van der Waals surface area contributed by atoms with Crippen molar-refractivity contribution in [3.05, 3.63) is 23.9 Å². The molecule has 0 radical (unpaired) electrons. The summed E-state index contributed by atoms with van der Waals surface area (Å²) in [7, 11) is 0. The van der Waals surface area contributed by atoms with E-state index in [1.807, 2.05) is 6.20 Å². The Hall–Kier alpha value is -1.13. The summed E-state index contributed by atoms with van der Waals surface area (Å²) in [6.07, 6.45) is 7.44. The second kappa shape index (κ2) is 14.1. The fourth-order valence-electron chi connectivity index (χ4n) is 4.41. The Balaban J connectivity index is 0.00000341. The normalized spacial score (nSPS) is 22.7. The van der Waals surface area contributed by atoms with Crippen LogP contribution < -0.4 is 15.5 Å². The summed E-state index contributed by atoms with van der Waals surface area (Å²) in [5, 5.41) is 6.90. The number of hydrogen-bond donors (Lipinski definition) is 2. The Morgan fingerprint density at radius 3 is 2.90 bits per heavy atom. The summed E-state index contributed by atoms with van der Waals surface area (Å²) in [6.45, 7) is 13.8. The summed E-state index contributed by atoms with van der Waals surface area (Å²) in [5.74, 6) is 1.91. The first-order chi connectivity index (χ1) is 14.7. The Morgan fingerprint density at radius 2 is 2.13 bits per heavy atom. The van der Waals surface area contributed by atoms with Gasteiger partial charge in [0, 0.05) is 45.0 Å². The molecule has 3 rings (SSSR count). The molecule has 0 bridgehead atoms. The highest BCUT2D eigenvalue weighted by atomic mass is 127. The van der Waals surface area contributed by atoms with Gasteiger partial charge in [-0.1, -0.05) is 13.3 Å². The molecule has 3 heterocycles. The lowest BCUT2D eigenvalue weighted by Crippen LogP contribution is -2.45. The van der Waals surface area contributed by atoms with Gasteiger partial charge >= 0.3 is 0 Å². The number of pyridine rings is 1. The van der Waals surface area contributed by atoms with E-state index in [2.05, 4.69) is 58.3 Å². The Labute approximate surface area is 205 Å². The molecule has 2 unspecified atom stereocenters. The van der Waals surface area contributed by atoms with Crippen LogP contribution in [-0.2, 0) is 11.3 Å². The highest BCUT2D eigenvalue weighted by Crippen LogP contribution is 2.19. The zero-order valence-electron chi connectivity index (χ0n) is 19.5. The SMILES string of the molecule is CCNC(=NCc1ccnc(N2CCOC(C)C2)c1)NCCN1CCCCC1CC.I. The number of likely N-dealkylation sites (tertiary alicyclic amines) is 1. The maximum absolute atomic E-state index is 5.65. The first-order valence-electron chi connectivity index (χ1n) is 11.8. The molecule has 2 fully saturated rings. The number of nitrogens with one attached hydrogen (secondary N) is 2. The molecule has 0 saturated carbocycles. The van der Waals surface area contributed by atoms with Gasteiger partial charge in [0.1, 0.15) is 5.82 Å². The predicted octanol–water partition coefficient (Wildman–Crippen LogP) is 3.24. The second-order valence-electron chi connectivity index (χ2n) is 8.37. The standard InChI is InChI=1S/C23H40N6O.HI/c1-4-21-8-6-7-12-28(21)13-11-26-23(24-5-2)27-17-20-9-10-25-22(16-20)29-14-15-30-19(3)18-29;/h9-10,16,19,21H,4-8,11-15,17-18H2,1-3H3,(H2,24,26,27);1H. The smallest absolute Gasteiger partial charge is 0.191 e. The van der Waals surface area contributed by atoms with Gasteiger partial charge < -0.3 is 20.3 Å². The average Bonchev–Trinajstić information content (AvgIpc) is 2.78.